The van der Waals surface area contributed by atoms with Crippen molar-refractivity contribution in [3.8, 4) is 11.8 Å². The lowest BCUT2D eigenvalue weighted by Crippen LogP contribution is -2.48. The lowest BCUT2D eigenvalue weighted by atomic mass is 9.98. The quantitative estimate of drug-likeness (QED) is 0.214. The molecule has 2 aliphatic carbocycles. The highest BCUT2D eigenvalue weighted by Gasteiger charge is 2.27. The summed E-state index contributed by atoms with van der Waals surface area (Å²) in [4.78, 5) is 17.9. The van der Waals surface area contributed by atoms with Crippen LogP contribution in [-0.4, -0.2) is 68.5 Å². The van der Waals surface area contributed by atoms with E-state index in [0.717, 1.165) is 23.7 Å². The minimum absolute atomic E-state index is 0.177. The Balaban J connectivity index is 1.75. The summed E-state index contributed by atoms with van der Waals surface area (Å²) < 4.78 is 26.7. The van der Waals surface area contributed by atoms with E-state index in [2.05, 4.69) is 32.8 Å². The van der Waals surface area contributed by atoms with Crippen molar-refractivity contribution in [2.24, 2.45) is 17.8 Å². The summed E-state index contributed by atoms with van der Waals surface area (Å²) in [5.74, 6) is 7.88. The minimum atomic E-state index is -3.63. The van der Waals surface area contributed by atoms with Gasteiger partial charge in [-0.15, -0.1) is 0 Å². The van der Waals surface area contributed by atoms with E-state index in [4.69, 9.17) is 0 Å². The minimum Gasteiger partial charge on any atom is -0.390 e. The molecule has 10 heteroatoms. The Morgan fingerprint density at radius 1 is 1.19 bits per heavy atom. The number of hydrogen-bond acceptors (Lipinski definition) is 7. The molecule has 4 N–H and O–H groups in total. The van der Waals surface area contributed by atoms with Crippen molar-refractivity contribution in [1.82, 2.24) is 15.6 Å². The van der Waals surface area contributed by atoms with Crippen LogP contribution in [0.15, 0.2) is 12.1 Å². The van der Waals surface area contributed by atoms with E-state index >= 15 is 0 Å². The maximum atomic E-state index is 13.4. The number of carbonyl (C=O) groups excluding carboxylic acids is 1. The van der Waals surface area contributed by atoms with Crippen molar-refractivity contribution in [3.63, 3.8) is 0 Å². The first-order valence-electron chi connectivity index (χ1n) is 13.4. The molecule has 0 bridgehead atoms. The molecule has 1 heterocycles. The van der Waals surface area contributed by atoms with Gasteiger partial charge >= 0.3 is 0 Å². The van der Waals surface area contributed by atoms with Crippen LogP contribution in [0.5, 0.6) is 0 Å². The molecule has 2 saturated carbocycles. The SMILES string of the molecule is CC(C)C[C@H](NC(=O)c1cc(NCC2CC2)nc(N(C)S(=O)(=O)C(C)C)c1)[C@H](O)CNCC#CC1CC1. The smallest absolute Gasteiger partial charge is 0.251 e. The number of anilines is 2. The van der Waals surface area contributed by atoms with E-state index in [0.29, 0.717) is 42.7 Å². The highest BCUT2D eigenvalue weighted by atomic mass is 32.2. The number of nitrogens with zero attached hydrogens (tertiary/aromatic N) is 2. The topological polar surface area (TPSA) is 124 Å². The number of pyridine rings is 1. The van der Waals surface area contributed by atoms with Gasteiger partial charge in [-0.05, 0) is 69.9 Å². The van der Waals surface area contributed by atoms with E-state index in [1.807, 2.05) is 13.8 Å². The van der Waals surface area contributed by atoms with E-state index in [1.165, 1.54) is 26.0 Å². The van der Waals surface area contributed by atoms with Crippen LogP contribution in [-0.2, 0) is 10.0 Å². The second kappa shape index (κ2) is 12.9. The average molecular weight is 534 g/mol. The first kappa shape index (κ1) is 29.2. The van der Waals surface area contributed by atoms with Gasteiger partial charge in [0.2, 0.25) is 10.0 Å². The predicted molar refractivity (Wildman–Crippen MR) is 148 cm³/mol. The summed E-state index contributed by atoms with van der Waals surface area (Å²) in [7, 11) is -2.17. The Morgan fingerprint density at radius 3 is 2.49 bits per heavy atom. The summed E-state index contributed by atoms with van der Waals surface area (Å²) in [6.45, 7) is 8.82. The molecule has 2 aliphatic rings. The van der Waals surface area contributed by atoms with Gasteiger partial charge in [-0.2, -0.15) is 0 Å². The largest absolute Gasteiger partial charge is 0.390 e. The van der Waals surface area contributed by atoms with E-state index in [9.17, 15) is 18.3 Å². The molecule has 0 saturated heterocycles. The molecule has 1 amide bonds. The summed E-state index contributed by atoms with van der Waals surface area (Å²) in [6, 6.07) is 2.65. The Morgan fingerprint density at radius 2 is 1.89 bits per heavy atom. The molecule has 0 spiro atoms. The fourth-order valence-electron chi connectivity index (χ4n) is 3.84. The molecule has 37 heavy (non-hydrogen) atoms. The summed E-state index contributed by atoms with van der Waals surface area (Å²) >= 11 is 0. The van der Waals surface area contributed by atoms with Crippen LogP contribution < -0.4 is 20.3 Å². The molecule has 0 unspecified atom stereocenters. The number of rotatable bonds is 14. The summed E-state index contributed by atoms with van der Waals surface area (Å²) in [6.07, 6.45) is 4.44. The van der Waals surface area contributed by atoms with Crippen LogP contribution in [0.3, 0.4) is 0 Å². The molecule has 0 aliphatic heterocycles. The predicted octanol–water partition coefficient (Wildman–Crippen LogP) is 2.59. The second-order valence-electron chi connectivity index (χ2n) is 11.0. The van der Waals surface area contributed by atoms with E-state index in [-0.39, 0.29) is 17.6 Å². The molecular formula is C27H43N5O4S. The van der Waals surface area contributed by atoms with E-state index < -0.39 is 27.4 Å². The zero-order valence-corrected chi connectivity index (χ0v) is 23.6. The highest BCUT2D eigenvalue weighted by molar-refractivity contribution is 7.93. The van der Waals surface area contributed by atoms with Crippen LogP contribution in [0.2, 0.25) is 0 Å². The van der Waals surface area contributed by atoms with Crippen molar-refractivity contribution in [2.45, 2.75) is 77.2 Å². The third kappa shape index (κ3) is 9.16. The van der Waals surface area contributed by atoms with Crippen LogP contribution in [0.1, 0.15) is 70.2 Å². The lowest BCUT2D eigenvalue weighted by molar-refractivity contribution is 0.0803. The maximum absolute atomic E-state index is 13.4. The Labute approximate surface area is 222 Å². The molecule has 1 aromatic heterocycles. The number of aliphatic hydroxyl groups excluding tert-OH is 1. The number of carbonyl (C=O) groups is 1. The van der Waals surface area contributed by atoms with Gasteiger partial charge < -0.3 is 21.1 Å². The first-order chi connectivity index (χ1) is 17.5. The first-order valence-corrected chi connectivity index (χ1v) is 14.9. The number of sulfonamides is 1. The van der Waals surface area contributed by atoms with Gasteiger partial charge in [-0.1, -0.05) is 25.7 Å². The molecular weight excluding hydrogens is 490 g/mol. The number of aliphatic hydroxyl groups is 1. The average Bonchev–Trinajstić information content (AvgIpc) is 3.76. The standard InChI is InChI=1S/C27H43N5O4S/c1-18(2)13-23(24(33)17-28-12-6-7-20-8-9-20)30-27(34)22-14-25(29-16-21-10-11-21)31-26(15-22)32(5)37(35,36)19(3)4/h14-15,18-21,23-24,28,33H,8-13,16-17H2,1-5H3,(H,29,31)(H,30,34)/t23-,24+/m0/s1. The lowest BCUT2D eigenvalue weighted by Gasteiger charge is -2.26. The monoisotopic (exact) mass is 533 g/mol. The van der Waals surface area contributed by atoms with Gasteiger partial charge in [0.05, 0.1) is 23.9 Å². The zero-order valence-electron chi connectivity index (χ0n) is 22.8. The number of amides is 1. The van der Waals surface area contributed by atoms with Gasteiger partial charge in [-0.3, -0.25) is 9.10 Å². The van der Waals surface area contributed by atoms with Gasteiger partial charge in [0, 0.05) is 31.6 Å². The normalized spacial score (nSPS) is 17.2. The van der Waals surface area contributed by atoms with Crippen LogP contribution in [0.4, 0.5) is 11.6 Å². The number of aromatic nitrogens is 1. The molecule has 206 valence electrons. The second-order valence-corrected chi connectivity index (χ2v) is 13.5. The molecule has 2 fully saturated rings. The molecule has 2 atom stereocenters. The van der Waals surface area contributed by atoms with Crippen molar-refractivity contribution in [2.75, 3.05) is 36.3 Å². The van der Waals surface area contributed by atoms with Crippen LogP contribution in [0.25, 0.3) is 0 Å². The highest BCUT2D eigenvalue weighted by Crippen LogP contribution is 2.29. The van der Waals surface area contributed by atoms with Gasteiger partial charge in [0.25, 0.3) is 5.91 Å². The van der Waals surface area contributed by atoms with Crippen LogP contribution in [0, 0.1) is 29.6 Å². The third-order valence-corrected chi connectivity index (χ3v) is 8.74. The summed E-state index contributed by atoms with van der Waals surface area (Å²) in [5.41, 5.74) is 0.290. The molecule has 1 aromatic rings. The fraction of sp³-hybridized carbons (Fsp3) is 0.704. The van der Waals surface area contributed by atoms with Crippen molar-refractivity contribution >= 4 is 27.6 Å². The molecule has 9 nitrogen and oxygen atoms in total. The van der Waals surface area contributed by atoms with Crippen molar-refractivity contribution in [3.05, 3.63) is 17.7 Å². The fourth-order valence-corrected chi connectivity index (χ4v) is 4.82. The maximum Gasteiger partial charge on any atom is 0.251 e. The summed E-state index contributed by atoms with van der Waals surface area (Å²) in [5, 5.41) is 19.6. The van der Waals surface area contributed by atoms with Crippen molar-refractivity contribution < 1.29 is 18.3 Å². The third-order valence-electron chi connectivity index (χ3n) is 6.60. The van der Waals surface area contributed by atoms with Gasteiger partial charge in [-0.25, -0.2) is 13.4 Å². The van der Waals surface area contributed by atoms with Crippen molar-refractivity contribution in [1.29, 1.82) is 0 Å². The zero-order chi connectivity index (χ0) is 27.2. The molecule has 3 rings (SSSR count). The Kier molecular flexibility index (Phi) is 10.2. The number of hydrogen-bond donors (Lipinski definition) is 4. The Hall–Kier alpha value is -2.35. The van der Waals surface area contributed by atoms with E-state index in [1.54, 1.807) is 19.9 Å². The van der Waals surface area contributed by atoms with Crippen LogP contribution >= 0.6 is 0 Å². The molecule has 0 aromatic carbocycles. The van der Waals surface area contributed by atoms with Gasteiger partial charge in [0.15, 0.2) is 0 Å². The van der Waals surface area contributed by atoms with Gasteiger partial charge in [0.1, 0.15) is 11.6 Å². The molecule has 0 radical (unpaired) electrons. The Bertz CT molecular complexity index is 1090. The number of nitrogens with one attached hydrogen (secondary N) is 3.